The Morgan fingerprint density at radius 3 is 2.57 bits per heavy atom. The minimum absolute atomic E-state index is 0.309. The first kappa shape index (κ1) is 22.8. The highest BCUT2D eigenvalue weighted by Crippen LogP contribution is 2.35. The molecule has 0 radical (unpaired) electrons. The lowest BCUT2D eigenvalue weighted by Crippen LogP contribution is -2.47. The number of fused-ring (bicyclic) bond motifs is 1. The third-order valence-corrected chi connectivity index (χ3v) is 6.63. The Labute approximate surface area is 210 Å². The largest absolute Gasteiger partial charge is 0.338 e. The average molecular weight is 531 g/mol. The molecule has 2 N–H and O–H groups in total. The van der Waals surface area contributed by atoms with Crippen molar-refractivity contribution in [1.29, 1.82) is 0 Å². The zero-order valence-electron chi connectivity index (χ0n) is 19.1. The molecule has 0 bridgehead atoms. The first-order chi connectivity index (χ1) is 16.9. The summed E-state index contributed by atoms with van der Waals surface area (Å²) in [7, 11) is 3.62. The van der Waals surface area contributed by atoms with Crippen molar-refractivity contribution >= 4 is 39.5 Å². The molecule has 35 heavy (non-hydrogen) atoms. The lowest BCUT2D eigenvalue weighted by molar-refractivity contribution is -0.118. The molecule has 2 aromatic carbocycles. The second-order valence-electron chi connectivity index (χ2n) is 8.41. The minimum atomic E-state index is -0.832. The Bertz CT molecular complexity index is 1440. The van der Waals surface area contributed by atoms with Crippen molar-refractivity contribution in [2.75, 3.05) is 5.32 Å². The SMILES string of the molecule is Cn1cncc1-c1ccc(NC(=O)[C@@H](NC(=O)c2ccnn2C)[C@H]2C=Cc3ccc(Br)cc32)cc1. The zero-order chi connectivity index (χ0) is 24.5. The predicted octanol–water partition coefficient (Wildman–Crippen LogP) is 4.13. The molecule has 9 heteroatoms. The Balaban J connectivity index is 1.42. The first-order valence-electron chi connectivity index (χ1n) is 11.0. The van der Waals surface area contributed by atoms with Gasteiger partial charge in [-0.2, -0.15) is 5.10 Å². The number of aromatic nitrogens is 4. The molecule has 176 valence electrons. The van der Waals surface area contributed by atoms with Crippen LogP contribution in [0.3, 0.4) is 0 Å². The van der Waals surface area contributed by atoms with Gasteiger partial charge in [0, 0.05) is 36.4 Å². The first-order valence-corrected chi connectivity index (χ1v) is 11.8. The van der Waals surface area contributed by atoms with E-state index in [-0.39, 0.29) is 17.7 Å². The van der Waals surface area contributed by atoms with Crippen LogP contribution in [-0.4, -0.2) is 37.2 Å². The fraction of sp³-hybridized carbons (Fsp3) is 0.154. The van der Waals surface area contributed by atoms with E-state index >= 15 is 0 Å². The topological polar surface area (TPSA) is 93.8 Å². The number of nitrogens with one attached hydrogen (secondary N) is 2. The number of anilines is 1. The van der Waals surface area contributed by atoms with Crippen LogP contribution in [0.4, 0.5) is 5.69 Å². The quantitative estimate of drug-likeness (QED) is 0.391. The fourth-order valence-corrected chi connectivity index (χ4v) is 4.68. The molecule has 0 spiro atoms. The van der Waals surface area contributed by atoms with Gasteiger partial charge in [-0.3, -0.25) is 14.3 Å². The van der Waals surface area contributed by atoms with Crippen molar-refractivity contribution in [3.8, 4) is 11.3 Å². The van der Waals surface area contributed by atoms with Gasteiger partial charge in [-0.1, -0.05) is 46.3 Å². The van der Waals surface area contributed by atoms with Crippen molar-refractivity contribution in [2.45, 2.75) is 12.0 Å². The summed E-state index contributed by atoms with van der Waals surface area (Å²) in [5.41, 5.74) is 4.96. The van der Waals surface area contributed by atoms with Crippen molar-refractivity contribution < 1.29 is 9.59 Å². The third-order valence-electron chi connectivity index (χ3n) is 6.14. The van der Waals surface area contributed by atoms with Crippen LogP contribution < -0.4 is 10.6 Å². The maximum Gasteiger partial charge on any atom is 0.270 e. The van der Waals surface area contributed by atoms with E-state index in [0.29, 0.717) is 11.4 Å². The molecule has 2 amide bonds. The van der Waals surface area contributed by atoms with E-state index in [1.807, 2.05) is 66.2 Å². The molecule has 8 nitrogen and oxygen atoms in total. The second kappa shape index (κ2) is 9.34. The standard InChI is InChI=1S/C26H23BrN6O2/c1-32-15-28-14-23(32)17-4-8-19(9-5-17)30-26(35)24(31-25(34)22-11-12-29-33(22)2)20-10-6-16-3-7-18(27)13-21(16)20/h3-15,20,24H,1-2H3,(H,30,35)(H,31,34)/t20-,24-/m0/s1. The molecule has 0 saturated carbocycles. The van der Waals surface area contributed by atoms with Gasteiger partial charge >= 0.3 is 0 Å². The molecule has 2 aromatic heterocycles. The van der Waals surface area contributed by atoms with Gasteiger partial charge in [-0.25, -0.2) is 4.98 Å². The summed E-state index contributed by atoms with van der Waals surface area (Å²) in [4.78, 5) is 30.7. The van der Waals surface area contributed by atoms with E-state index in [1.54, 1.807) is 31.8 Å². The summed E-state index contributed by atoms with van der Waals surface area (Å²) in [6, 6.07) is 14.3. The van der Waals surface area contributed by atoms with Crippen LogP contribution in [0, 0.1) is 0 Å². The van der Waals surface area contributed by atoms with Gasteiger partial charge in [-0.05, 0) is 47.0 Å². The highest BCUT2D eigenvalue weighted by molar-refractivity contribution is 9.10. The van der Waals surface area contributed by atoms with Crippen LogP contribution in [0.2, 0.25) is 0 Å². The summed E-state index contributed by atoms with van der Waals surface area (Å²) in [6.45, 7) is 0. The van der Waals surface area contributed by atoms with Crippen molar-refractivity contribution in [3.05, 3.63) is 94.6 Å². The van der Waals surface area contributed by atoms with Gasteiger partial charge in [-0.15, -0.1) is 0 Å². The zero-order valence-corrected chi connectivity index (χ0v) is 20.7. The molecule has 0 aliphatic heterocycles. The Hall–Kier alpha value is -3.98. The van der Waals surface area contributed by atoms with Crippen LogP contribution in [-0.2, 0) is 18.9 Å². The smallest absolute Gasteiger partial charge is 0.270 e. The normalized spacial score (nSPS) is 15.0. The van der Waals surface area contributed by atoms with Crippen molar-refractivity contribution in [2.24, 2.45) is 14.1 Å². The molecule has 0 fully saturated rings. The van der Waals surface area contributed by atoms with E-state index in [2.05, 4.69) is 36.6 Å². The number of carbonyl (C=O) groups excluding carboxylic acids is 2. The number of imidazole rings is 1. The van der Waals surface area contributed by atoms with Crippen molar-refractivity contribution in [1.82, 2.24) is 24.6 Å². The molecule has 5 rings (SSSR count). The molecule has 0 saturated heterocycles. The number of amides is 2. The summed E-state index contributed by atoms with van der Waals surface area (Å²) in [5, 5.41) is 9.97. The Morgan fingerprint density at radius 1 is 1.09 bits per heavy atom. The predicted molar refractivity (Wildman–Crippen MR) is 138 cm³/mol. The number of benzene rings is 2. The monoisotopic (exact) mass is 530 g/mol. The summed E-state index contributed by atoms with van der Waals surface area (Å²) < 4.78 is 4.32. The number of nitrogens with zero attached hydrogens (tertiary/aromatic N) is 4. The van der Waals surface area contributed by atoms with Gasteiger partial charge in [0.25, 0.3) is 5.91 Å². The number of halogens is 1. The maximum absolute atomic E-state index is 13.5. The van der Waals surface area contributed by atoms with Gasteiger partial charge < -0.3 is 15.2 Å². The molecule has 2 heterocycles. The lowest BCUT2D eigenvalue weighted by Gasteiger charge is -2.24. The molecule has 2 atom stereocenters. The van der Waals surface area contributed by atoms with E-state index in [1.165, 1.54) is 4.68 Å². The van der Waals surface area contributed by atoms with Crippen LogP contribution in [0.5, 0.6) is 0 Å². The van der Waals surface area contributed by atoms with Crippen molar-refractivity contribution in [3.63, 3.8) is 0 Å². The summed E-state index contributed by atoms with van der Waals surface area (Å²) in [5.74, 6) is -1.00. The van der Waals surface area contributed by atoms with Crippen LogP contribution in [0.1, 0.15) is 27.5 Å². The van der Waals surface area contributed by atoms with Crippen LogP contribution in [0.15, 0.2) is 77.8 Å². The molecule has 1 aliphatic rings. The Morgan fingerprint density at radius 2 is 1.89 bits per heavy atom. The number of carbonyl (C=O) groups is 2. The van der Waals surface area contributed by atoms with E-state index in [4.69, 9.17) is 0 Å². The summed E-state index contributed by atoms with van der Waals surface area (Å²) in [6.07, 6.45) is 9.02. The van der Waals surface area contributed by atoms with Crippen LogP contribution >= 0.6 is 15.9 Å². The number of hydrogen-bond acceptors (Lipinski definition) is 4. The van der Waals surface area contributed by atoms with Gasteiger partial charge in [0.05, 0.1) is 18.2 Å². The molecular weight excluding hydrogens is 508 g/mol. The minimum Gasteiger partial charge on any atom is -0.338 e. The van der Waals surface area contributed by atoms with E-state index in [0.717, 1.165) is 26.9 Å². The maximum atomic E-state index is 13.5. The fourth-order valence-electron chi connectivity index (χ4n) is 4.30. The lowest BCUT2D eigenvalue weighted by atomic mass is 9.92. The second-order valence-corrected chi connectivity index (χ2v) is 9.32. The molecular formula is C26H23BrN6O2. The van der Waals surface area contributed by atoms with E-state index in [9.17, 15) is 9.59 Å². The highest BCUT2D eigenvalue weighted by atomic mass is 79.9. The molecule has 0 unspecified atom stereocenters. The van der Waals surface area contributed by atoms with Gasteiger partial charge in [0.2, 0.25) is 5.91 Å². The molecule has 4 aromatic rings. The summed E-state index contributed by atoms with van der Waals surface area (Å²) >= 11 is 3.52. The van der Waals surface area contributed by atoms with Crippen LogP contribution in [0.25, 0.3) is 17.3 Å². The number of hydrogen-bond donors (Lipinski definition) is 2. The highest BCUT2D eigenvalue weighted by Gasteiger charge is 2.34. The Kier molecular flexibility index (Phi) is 6.08. The van der Waals surface area contributed by atoms with Gasteiger partial charge in [0.15, 0.2) is 0 Å². The third kappa shape index (κ3) is 4.54. The average Bonchev–Trinajstić information content (AvgIpc) is 3.57. The van der Waals surface area contributed by atoms with Gasteiger partial charge in [0.1, 0.15) is 11.7 Å². The number of aryl methyl sites for hydroxylation is 2. The molecule has 1 aliphatic carbocycles. The van der Waals surface area contributed by atoms with E-state index < -0.39 is 6.04 Å². The number of rotatable bonds is 6.